The van der Waals surface area contributed by atoms with Crippen LogP contribution in [0.5, 0.6) is 0 Å². The molecule has 0 aromatic heterocycles. The zero-order chi connectivity index (χ0) is 11.7. The van der Waals surface area contributed by atoms with Crippen molar-refractivity contribution < 1.29 is 9.31 Å². The highest BCUT2D eigenvalue weighted by atomic mass is 19.1. The van der Waals surface area contributed by atoms with Gasteiger partial charge in [-0.1, -0.05) is 0 Å². The molecule has 0 radical (unpaired) electrons. The van der Waals surface area contributed by atoms with Crippen molar-refractivity contribution >= 4 is 11.4 Å². The van der Waals surface area contributed by atoms with Crippen molar-refractivity contribution in [1.29, 1.82) is 0 Å². The Bertz CT molecular complexity index is 425. The maximum absolute atomic E-state index is 12.9. The third-order valence-electron chi connectivity index (χ3n) is 2.70. The smallest absolute Gasteiger partial charge is 0.295 e. The molecule has 1 aliphatic heterocycles. The van der Waals surface area contributed by atoms with Crippen LogP contribution in [0, 0.1) is 15.9 Å². The summed E-state index contributed by atoms with van der Waals surface area (Å²) in [7, 11) is 0. The lowest BCUT2D eigenvalue weighted by molar-refractivity contribution is -0.384. The van der Waals surface area contributed by atoms with Crippen molar-refractivity contribution in [2.75, 3.05) is 18.0 Å². The van der Waals surface area contributed by atoms with Gasteiger partial charge in [0.2, 0.25) is 0 Å². The van der Waals surface area contributed by atoms with Crippen LogP contribution in [0.3, 0.4) is 0 Å². The van der Waals surface area contributed by atoms with Crippen LogP contribution >= 0.6 is 0 Å². The van der Waals surface area contributed by atoms with E-state index in [1.165, 1.54) is 12.1 Å². The molecule has 2 N–H and O–H groups in total. The fraction of sp³-hybridized carbons (Fsp3) is 0.400. The van der Waals surface area contributed by atoms with E-state index in [2.05, 4.69) is 0 Å². The number of halogens is 1. The molecule has 1 saturated heterocycles. The van der Waals surface area contributed by atoms with Crippen molar-refractivity contribution in [3.8, 4) is 0 Å². The minimum atomic E-state index is -0.598. The lowest BCUT2D eigenvalue weighted by atomic mass is 10.2. The predicted octanol–water partition coefficient (Wildman–Crippen LogP) is 1.27. The van der Waals surface area contributed by atoms with Gasteiger partial charge in [0.05, 0.1) is 11.0 Å². The highest BCUT2D eigenvalue weighted by molar-refractivity contribution is 5.63. The van der Waals surface area contributed by atoms with E-state index in [1.54, 1.807) is 0 Å². The molecule has 1 heterocycles. The molecular formula is C10H12FN3O2. The molecule has 5 nitrogen and oxygen atoms in total. The highest BCUT2D eigenvalue weighted by Gasteiger charge is 2.25. The van der Waals surface area contributed by atoms with E-state index in [0.29, 0.717) is 18.8 Å². The van der Waals surface area contributed by atoms with Crippen LogP contribution in [0.1, 0.15) is 6.42 Å². The van der Waals surface area contributed by atoms with E-state index >= 15 is 0 Å². The Labute approximate surface area is 91.8 Å². The molecule has 6 heteroatoms. The van der Waals surface area contributed by atoms with Gasteiger partial charge < -0.3 is 10.6 Å². The van der Waals surface area contributed by atoms with Gasteiger partial charge in [0.1, 0.15) is 11.5 Å². The summed E-state index contributed by atoms with van der Waals surface area (Å²) in [6.45, 7) is 1.25. The van der Waals surface area contributed by atoms with Gasteiger partial charge in [-0.15, -0.1) is 0 Å². The van der Waals surface area contributed by atoms with Crippen LogP contribution in [0.25, 0.3) is 0 Å². The Morgan fingerprint density at radius 2 is 2.31 bits per heavy atom. The monoisotopic (exact) mass is 225 g/mol. The van der Waals surface area contributed by atoms with Gasteiger partial charge in [-0.3, -0.25) is 10.1 Å². The van der Waals surface area contributed by atoms with E-state index in [4.69, 9.17) is 5.73 Å². The van der Waals surface area contributed by atoms with Gasteiger partial charge >= 0.3 is 0 Å². The third-order valence-corrected chi connectivity index (χ3v) is 2.70. The van der Waals surface area contributed by atoms with Gasteiger partial charge in [0.15, 0.2) is 0 Å². The van der Waals surface area contributed by atoms with Crippen LogP contribution in [-0.2, 0) is 0 Å². The maximum atomic E-state index is 12.9. The largest absolute Gasteiger partial charge is 0.364 e. The summed E-state index contributed by atoms with van der Waals surface area (Å²) < 4.78 is 12.9. The second-order valence-corrected chi connectivity index (χ2v) is 3.88. The van der Waals surface area contributed by atoms with Crippen molar-refractivity contribution in [3.63, 3.8) is 0 Å². The van der Waals surface area contributed by atoms with E-state index in [1.807, 2.05) is 4.90 Å². The van der Waals surface area contributed by atoms with Crippen LogP contribution in [0.4, 0.5) is 15.8 Å². The number of rotatable bonds is 2. The Kier molecular flexibility index (Phi) is 2.74. The first-order chi connectivity index (χ1) is 7.58. The Morgan fingerprint density at radius 1 is 1.56 bits per heavy atom. The molecule has 1 fully saturated rings. The fourth-order valence-electron chi connectivity index (χ4n) is 1.92. The van der Waals surface area contributed by atoms with Crippen molar-refractivity contribution in [3.05, 3.63) is 34.1 Å². The van der Waals surface area contributed by atoms with Crippen LogP contribution < -0.4 is 10.6 Å². The molecular weight excluding hydrogens is 213 g/mol. The first kappa shape index (κ1) is 10.8. The minimum Gasteiger partial charge on any atom is -0.364 e. The zero-order valence-electron chi connectivity index (χ0n) is 8.60. The number of nitro benzene ring substituents is 1. The number of nitro groups is 1. The topological polar surface area (TPSA) is 72.4 Å². The van der Waals surface area contributed by atoms with Gasteiger partial charge in [0.25, 0.3) is 5.69 Å². The fourth-order valence-corrected chi connectivity index (χ4v) is 1.92. The quantitative estimate of drug-likeness (QED) is 0.607. The van der Waals surface area contributed by atoms with Crippen LogP contribution in [0.15, 0.2) is 18.2 Å². The summed E-state index contributed by atoms with van der Waals surface area (Å²) >= 11 is 0. The average molecular weight is 225 g/mol. The Morgan fingerprint density at radius 3 is 2.88 bits per heavy atom. The van der Waals surface area contributed by atoms with E-state index in [0.717, 1.165) is 12.5 Å². The van der Waals surface area contributed by atoms with Crippen molar-refractivity contribution in [2.45, 2.75) is 12.5 Å². The lowest BCUT2D eigenvalue weighted by Gasteiger charge is -2.17. The van der Waals surface area contributed by atoms with Crippen molar-refractivity contribution in [2.24, 2.45) is 5.73 Å². The summed E-state index contributed by atoms with van der Waals surface area (Å²) in [6.07, 6.45) is 0.800. The summed E-state index contributed by atoms with van der Waals surface area (Å²) in [5.41, 5.74) is 5.98. The van der Waals surface area contributed by atoms with E-state index in [9.17, 15) is 14.5 Å². The Balaban J connectivity index is 2.36. The number of hydrogen-bond donors (Lipinski definition) is 1. The van der Waals surface area contributed by atoms with Crippen LogP contribution in [-0.4, -0.2) is 24.1 Å². The molecule has 0 saturated carbocycles. The van der Waals surface area contributed by atoms with Crippen LogP contribution in [0.2, 0.25) is 0 Å². The lowest BCUT2D eigenvalue weighted by Crippen LogP contribution is -2.26. The molecule has 16 heavy (non-hydrogen) atoms. The van der Waals surface area contributed by atoms with Crippen molar-refractivity contribution in [1.82, 2.24) is 0 Å². The second-order valence-electron chi connectivity index (χ2n) is 3.88. The molecule has 1 aromatic rings. The highest BCUT2D eigenvalue weighted by Crippen LogP contribution is 2.30. The summed E-state index contributed by atoms with van der Waals surface area (Å²) in [4.78, 5) is 12.0. The SMILES string of the molecule is N[C@H]1CCN(c2ccc(F)cc2[N+](=O)[O-])C1. The Hall–Kier alpha value is -1.69. The molecule has 0 spiro atoms. The van der Waals surface area contributed by atoms with E-state index < -0.39 is 10.7 Å². The molecule has 0 unspecified atom stereocenters. The number of nitrogens with two attached hydrogens (primary N) is 1. The van der Waals surface area contributed by atoms with Gasteiger partial charge in [-0.05, 0) is 18.6 Å². The third kappa shape index (κ3) is 1.96. The predicted molar refractivity (Wildman–Crippen MR) is 57.9 cm³/mol. The number of anilines is 1. The molecule has 1 aliphatic rings. The first-order valence-corrected chi connectivity index (χ1v) is 5.02. The first-order valence-electron chi connectivity index (χ1n) is 5.02. The normalized spacial score (nSPS) is 20.1. The maximum Gasteiger partial charge on any atom is 0.295 e. The molecule has 1 atom stereocenters. The molecule has 1 aromatic carbocycles. The average Bonchev–Trinajstić information content (AvgIpc) is 2.64. The molecule has 0 amide bonds. The van der Waals surface area contributed by atoms with Gasteiger partial charge in [0, 0.05) is 19.1 Å². The minimum absolute atomic E-state index is 0.0321. The number of hydrogen-bond acceptors (Lipinski definition) is 4. The number of benzene rings is 1. The molecule has 2 rings (SSSR count). The zero-order valence-corrected chi connectivity index (χ0v) is 8.60. The van der Waals surface area contributed by atoms with Gasteiger partial charge in [-0.25, -0.2) is 4.39 Å². The second kappa shape index (κ2) is 4.05. The molecule has 0 bridgehead atoms. The van der Waals surface area contributed by atoms with E-state index in [-0.39, 0.29) is 11.7 Å². The number of nitrogens with zero attached hydrogens (tertiary/aromatic N) is 2. The summed E-state index contributed by atoms with van der Waals surface area (Å²) in [5, 5.41) is 10.8. The standard InChI is InChI=1S/C10H12FN3O2/c11-7-1-2-9(10(5-7)14(15)16)13-4-3-8(12)6-13/h1-2,5,8H,3-4,6,12H2/t8-/m0/s1. The molecule has 86 valence electrons. The summed E-state index contributed by atoms with van der Waals surface area (Å²) in [6, 6.07) is 3.64. The molecule has 0 aliphatic carbocycles. The summed E-state index contributed by atoms with van der Waals surface area (Å²) in [5.74, 6) is -0.598. The van der Waals surface area contributed by atoms with Gasteiger partial charge in [-0.2, -0.15) is 0 Å².